The van der Waals surface area contributed by atoms with Crippen molar-refractivity contribution >= 4 is 17.7 Å². The van der Waals surface area contributed by atoms with Gasteiger partial charge in [0.15, 0.2) is 5.16 Å². The third-order valence-electron chi connectivity index (χ3n) is 2.87. The fourth-order valence-electron chi connectivity index (χ4n) is 1.58. The van der Waals surface area contributed by atoms with E-state index in [0.29, 0.717) is 5.75 Å². The molecule has 0 aromatic carbocycles. The number of carbonyl (C=O) groups excluding carboxylic acids is 1. The van der Waals surface area contributed by atoms with Crippen molar-refractivity contribution in [1.29, 1.82) is 0 Å². The minimum Gasteiger partial charge on any atom is -0.368 e. The number of hydrogen-bond acceptors (Lipinski definition) is 5. The third kappa shape index (κ3) is 2.05. The third-order valence-corrected chi connectivity index (χ3v) is 4.12. The Morgan fingerprint density at radius 2 is 2.44 bits per heavy atom. The zero-order valence-corrected chi connectivity index (χ0v) is 9.91. The van der Waals surface area contributed by atoms with Crippen molar-refractivity contribution in [2.45, 2.75) is 23.5 Å². The molecule has 1 unspecified atom stereocenters. The van der Waals surface area contributed by atoms with Gasteiger partial charge in [0, 0.05) is 12.8 Å². The summed E-state index contributed by atoms with van der Waals surface area (Å²) in [6, 6.07) is 0. The molecule has 0 bridgehead atoms. The van der Waals surface area contributed by atoms with Crippen molar-refractivity contribution in [1.82, 2.24) is 14.8 Å². The van der Waals surface area contributed by atoms with E-state index in [1.54, 1.807) is 10.9 Å². The number of nitrogens with two attached hydrogens (primary N) is 2. The van der Waals surface area contributed by atoms with Crippen molar-refractivity contribution < 1.29 is 4.79 Å². The zero-order chi connectivity index (χ0) is 11.8. The number of aryl methyl sites for hydroxylation is 1. The van der Waals surface area contributed by atoms with Crippen molar-refractivity contribution in [2.24, 2.45) is 24.4 Å². The molecule has 16 heavy (non-hydrogen) atoms. The normalized spacial score (nSPS) is 19.4. The van der Waals surface area contributed by atoms with Gasteiger partial charge in [0.05, 0.1) is 0 Å². The molecule has 1 aromatic heterocycles. The monoisotopic (exact) mass is 241 g/mol. The quantitative estimate of drug-likeness (QED) is 0.677. The van der Waals surface area contributed by atoms with Crippen LogP contribution in [0.4, 0.5) is 0 Å². The second kappa shape index (κ2) is 4.06. The van der Waals surface area contributed by atoms with Crippen molar-refractivity contribution in [3.8, 4) is 0 Å². The van der Waals surface area contributed by atoms with Crippen LogP contribution in [0.5, 0.6) is 0 Å². The van der Waals surface area contributed by atoms with Crippen LogP contribution in [0.1, 0.15) is 12.8 Å². The predicted molar refractivity (Wildman–Crippen MR) is 60.6 cm³/mol. The minimum absolute atomic E-state index is 0.228. The molecule has 1 fully saturated rings. The lowest BCUT2D eigenvalue weighted by Crippen LogP contribution is -2.56. The second-order valence-electron chi connectivity index (χ2n) is 4.19. The number of nitrogens with zero attached hydrogens (tertiary/aromatic N) is 3. The summed E-state index contributed by atoms with van der Waals surface area (Å²) in [6.45, 7) is 0. The molecular weight excluding hydrogens is 226 g/mol. The van der Waals surface area contributed by atoms with Crippen LogP contribution in [0.25, 0.3) is 0 Å². The molecule has 0 radical (unpaired) electrons. The molecule has 1 aliphatic rings. The SMILES string of the molecule is Cn1cnnc1SCC(N)(C(N)=O)C1CC1. The van der Waals surface area contributed by atoms with Crippen LogP contribution < -0.4 is 11.5 Å². The van der Waals surface area contributed by atoms with E-state index in [1.807, 2.05) is 7.05 Å². The summed E-state index contributed by atoms with van der Waals surface area (Å²) in [5.74, 6) is 0.259. The second-order valence-corrected chi connectivity index (χ2v) is 5.13. The molecule has 1 heterocycles. The molecule has 88 valence electrons. The van der Waals surface area contributed by atoms with Crippen LogP contribution in [0, 0.1) is 5.92 Å². The van der Waals surface area contributed by atoms with E-state index in [1.165, 1.54) is 11.8 Å². The van der Waals surface area contributed by atoms with Gasteiger partial charge < -0.3 is 16.0 Å². The maximum atomic E-state index is 11.4. The van der Waals surface area contributed by atoms with E-state index in [4.69, 9.17) is 11.5 Å². The topological polar surface area (TPSA) is 99.8 Å². The standard InChI is InChI=1S/C9H15N5OS/c1-14-5-12-13-8(14)16-4-9(11,7(10)15)6-2-3-6/h5-6H,2-4,11H2,1H3,(H2,10,15). The first-order chi connectivity index (χ1) is 7.54. The molecule has 1 amide bonds. The fourth-order valence-corrected chi connectivity index (χ4v) is 2.68. The van der Waals surface area contributed by atoms with E-state index in [0.717, 1.165) is 18.0 Å². The highest BCUT2D eigenvalue weighted by Crippen LogP contribution is 2.40. The van der Waals surface area contributed by atoms with Gasteiger partial charge >= 0.3 is 0 Å². The highest BCUT2D eigenvalue weighted by atomic mass is 32.2. The summed E-state index contributed by atoms with van der Waals surface area (Å²) in [6.07, 6.45) is 3.58. The highest BCUT2D eigenvalue weighted by Gasteiger charge is 2.46. The van der Waals surface area contributed by atoms with E-state index < -0.39 is 11.4 Å². The molecule has 4 N–H and O–H groups in total. The van der Waals surface area contributed by atoms with Crippen LogP contribution >= 0.6 is 11.8 Å². The van der Waals surface area contributed by atoms with E-state index in [2.05, 4.69) is 10.2 Å². The van der Waals surface area contributed by atoms with Gasteiger partial charge in [-0.3, -0.25) is 4.79 Å². The van der Waals surface area contributed by atoms with Crippen LogP contribution in [0.2, 0.25) is 0 Å². The van der Waals surface area contributed by atoms with E-state index in [9.17, 15) is 4.79 Å². The molecule has 1 saturated carbocycles. The maximum absolute atomic E-state index is 11.4. The largest absolute Gasteiger partial charge is 0.368 e. The molecule has 1 aromatic rings. The van der Waals surface area contributed by atoms with Crippen LogP contribution in [-0.4, -0.2) is 32.0 Å². The Labute approximate surface area is 97.8 Å². The summed E-state index contributed by atoms with van der Waals surface area (Å²) in [5, 5.41) is 8.44. The molecule has 7 heteroatoms. The Morgan fingerprint density at radius 3 is 2.88 bits per heavy atom. The molecular formula is C9H15N5OS. The smallest absolute Gasteiger partial charge is 0.238 e. The molecule has 6 nitrogen and oxygen atoms in total. The Balaban J connectivity index is 2.02. The summed E-state index contributed by atoms with van der Waals surface area (Å²) in [7, 11) is 1.85. The predicted octanol–water partition coefficient (Wildman–Crippen LogP) is -0.500. The fraction of sp³-hybridized carbons (Fsp3) is 0.667. The van der Waals surface area contributed by atoms with Crippen molar-refractivity contribution in [2.75, 3.05) is 5.75 Å². The Hall–Kier alpha value is -1.08. The number of carbonyl (C=O) groups is 1. The summed E-state index contributed by atoms with van der Waals surface area (Å²) in [4.78, 5) is 11.4. The number of rotatable bonds is 5. The van der Waals surface area contributed by atoms with Crippen LogP contribution in [0.15, 0.2) is 11.5 Å². The molecule has 0 aliphatic heterocycles. The number of aromatic nitrogens is 3. The first-order valence-corrected chi connectivity index (χ1v) is 6.08. The molecule has 1 atom stereocenters. The van der Waals surface area contributed by atoms with Crippen molar-refractivity contribution in [3.05, 3.63) is 6.33 Å². The summed E-state index contributed by atoms with van der Waals surface area (Å²) in [5.41, 5.74) is 10.5. The molecule has 0 saturated heterocycles. The first kappa shape index (κ1) is 11.4. The molecule has 2 rings (SSSR count). The van der Waals surface area contributed by atoms with E-state index >= 15 is 0 Å². The minimum atomic E-state index is -0.906. The number of amides is 1. The van der Waals surface area contributed by atoms with Crippen molar-refractivity contribution in [3.63, 3.8) is 0 Å². The van der Waals surface area contributed by atoms with Gasteiger partial charge in [-0.15, -0.1) is 10.2 Å². The maximum Gasteiger partial charge on any atom is 0.238 e. The first-order valence-electron chi connectivity index (χ1n) is 5.09. The van der Waals surface area contributed by atoms with Gasteiger partial charge in [-0.25, -0.2) is 0 Å². The lowest BCUT2D eigenvalue weighted by atomic mass is 9.96. The van der Waals surface area contributed by atoms with Gasteiger partial charge in [-0.05, 0) is 18.8 Å². The van der Waals surface area contributed by atoms with Gasteiger partial charge in [-0.1, -0.05) is 11.8 Å². The van der Waals surface area contributed by atoms with Crippen LogP contribution in [0.3, 0.4) is 0 Å². The Bertz CT molecular complexity index is 402. The van der Waals surface area contributed by atoms with Gasteiger partial charge in [-0.2, -0.15) is 0 Å². The zero-order valence-electron chi connectivity index (χ0n) is 9.09. The van der Waals surface area contributed by atoms with Gasteiger partial charge in [0.1, 0.15) is 11.9 Å². The van der Waals surface area contributed by atoms with Crippen LogP contribution in [-0.2, 0) is 11.8 Å². The Morgan fingerprint density at radius 1 is 1.75 bits per heavy atom. The summed E-state index contributed by atoms with van der Waals surface area (Å²) < 4.78 is 1.79. The lowest BCUT2D eigenvalue weighted by molar-refractivity contribution is -0.123. The highest BCUT2D eigenvalue weighted by molar-refractivity contribution is 7.99. The number of hydrogen-bond donors (Lipinski definition) is 2. The molecule has 0 spiro atoms. The number of thioether (sulfide) groups is 1. The Kier molecular flexibility index (Phi) is 2.90. The van der Waals surface area contributed by atoms with Gasteiger partial charge in [0.2, 0.25) is 5.91 Å². The average Bonchev–Trinajstić information content (AvgIpc) is 3.00. The van der Waals surface area contributed by atoms with Gasteiger partial charge in [0.25, 0.3) is 0 Å². The average molecular weight is 241 g/mol. The molecule has 1 aliphatic carbocycles. The van der Waals surface area contributed by atoms with E-state index in [-0.39, 0.29) is 5.92 Å². The number of primary amides is 1. The lowest BCUT2D eigenvalue weighted by Gasteiger charge is -2.24. The summed E-state index contributed by atoms with van der Waals surface area (Å²) >= 11 is 1.42.